The molecule has 21 valence electrons. The quantitative estimate of drug-likeness (QED) is 0.287. The molecule has 2 heteroatoms. The van der Waals surface area contributed by atoms with Crippen molar-refractivity contribution in [2.24, 2.45) is 0 Å². The van der Waals surface area contributed by atoms with Crippen LogP contribution in [0.5, 0.6) is 0 Å². The molecule has 0 aromatic carbocycles. The summed E-state index contributed by atoms with van der Waals surface area (Å²) in [4.78, 5) is 0. The average molecular weight is 78.1 g/mol. The van der Waals surface area contributed by atoms with Gasteiger partial charge in [0.25, 0.3) is 0 Å². The van der Waals surface area contributed by atoms with Crippen LogP contribution in [0.15, 0.2) is 0 Å². The van der Waals surface area contributed by atoms with Gasteiger partial charge in [-0.3, -0.25) is 0 Å². The van der Waals surface area contributed by atoms with Gasteiger partial charge in [-0.15, -0.1) is 5.54 Å². The number of nitriles is 1. The summed E-state index contributed by atoms with van der Waals surface area (Å²) in [5, 5.41) is 7.61. The van der Waals surface area contributed by atoms with Crippen LogP contribution in [0.25, 0.3) is 0 Å². The first-order chi connectivity index (χ1) is 2.41. The van der Waals surface area contributed by atoms with Crippen molar-refractivity contribution in [3.63, 3.8) is 0 Å². The van der Waals surface area contributed by atoms with Crippen LogP contribution in [0.4, 0.5) is 0 Å². The molecule has 0 unspecified atom stereocenters. The van der Waals surface area contributed by atoms with E-state index in [1.54, 1.807) is 6.07 Å². The molecule has 0 aliphatic rings. The van der Waals surface area contributed by atoms with Crippen LogP contribution in [0.3, 0.4) is 0 Å². The van der Waals surface area contributed by atoms with Crippen molar-refractivity contribution in [1.82, 2.24) is 0 Å². The lowest BCUT2D eigenvalue weighted by molar-refractivity contribution is 1.55. The maximum Gasteiger partial charge on any atom is 0.151 e. The Balaban J connectivity index is 3.30. The fourth-order valence-corrected chi connectivity index (χ4v) is 0.0839. The van der Waals surface area contributed by atoms with Gasteiger partial charge in [-0.1, -0.05) is 0 Å². The molecular formula is C3NSi. The molecule has 1 nitrogen and oxygen atoms in total. The molecule has 0 saturated carbocycles. The molecule has 0 spiro atoms. The van der Waals surface area contributed by atoms with E-state index in [9.17, 15) is 0 Å². The monoisotopic (exact) mass is 78.0 g/mol. The minimum absolute atomic E-state index is 1.61. The normalized spacial score (nSPS) is 3.20. The van der Waals surface area contributed by atoms with Crippen molar-refractivity contribution in [3.8, 4) is 17.5 Å². The summed E-state index contributed by atoms with van der Waals surface area (Å²) in [6, 6.07) is 1.61. The van der Waals surface area contributed by atoms with Gasteiger partial charge >= 0.3 is 0 Å². The molecule has 0 fully saturated rings. The minimum Gasteiger partial charge on any atom is -0.183 e. The van der Waals surface area contributed by atoms with E-state index in [1.807, 2.05) is 0 Å². The molecule has 0 atom stereocenters. The SMILES string of the molecule is N#CC#C[Si]. The van der Waals surface area contributed by atoms with Crippen LogP contribution in [0, 0.1) is 22.8 Å². The van der Waals surface area contributed by atoms with E-state index in [-0.39, 0.29) is 0 Å². The molecule has 0 saturated heterocycles. The first-order valence-corrected chi connectivity index (χ1v) is 1.47. The van der Waals surface area contributed by atoms with E-state index in [0.29, 0.717) is 0 Å². The van der Waals surface area contributed by atoms with Crippen molar-refractivity contribution in [1.29, 1.82) is 5.26 Å². The molecule has 0 aliphatic heterocycles. The number of nitrogens with zero attached hydrogens (tertiary/aromatic N) is 1. The standard InChI is InChI=1S/C3NSi/c4-2-1-3-5. The maximum atomic E-state index is 7.61. The zero-order valence-electron chi connectivity index (χ0n) is 2.45. The Bertz CT molecular complexity index is 100. The molecule has 0 amide bonds. The minimum atomic E-state index is 1.61. The largest absolute Gasteiger partial charge is 0.183 e. The Morgan fingerprint density at radius 3 is 2.20 bits per heavy atom. The highest BCUT2D eigenvalue weighted by Gasteiger charge is 1.41. The number of rotatable bonds is 0. The third-order valence-corrected chi connectivity index (χ3v) is 0.243. The number of hydrogen-bond donors (Lipinski definition) is 0. The summed E-state index contributed by atoms with van der Waals surface area (Å²) >= 11 is 0. The first kappa shape index (κ1) is 4.27. The molecule has 0 aliphatic carbocycles. The molecule has 0 N–H and O–H groups in total. The van der Waals surface area contributed by atoms with Crippen molar-refractivity contribution >= 4 is 10.2 Å². The lowest BCUT2D eigenvalue weighted by atomic mass is 10.8. The van der Waals surface area contributed by atoms with Gasteiger partial charge in [0, 0.05) is 5.92 Å². The van der Waals surface area contributed by atoms with Crippen LogP contribution in [0.1, 0.15) is 0 Å². The summed E-state index contributed by atoms with van der Waals surface area (Å²) in [6.45, 7) is 0. The average Bonchev–Trinajstić information content (AvgIpc) is 1.41. The van der Waals surface area contributed by atoms with E-state index in [1.165, 1.54) is 0 Å². The van der Waals surface area contributed by atoms with Crippen LogP contribution in [0.2, 0.25) is 0 Å². The van der Waals surface area contributed by atoms with Gasteiger partial charge in [-0.05, 0) is 0 Å². The Kier molecular flexibility index (Phi) is 2.79. The van der Waals surface area contributed by atoms with Gasteiger partial charge in [0.1, 0.15) is 10.2 Å². The molecule has 0 heterocycles. The summed E-state index contributed by atoms with van der Waals surface area (Å²) in [5.41, 5.74) is 2.21. The third kappa shape index (κ3) is 3.27. The van der Waals surface area contributed by atoms with Crippen LogP contribution in [-0.4, -0.2) is 10.2 Å². The molecular weight excluding hydrogens is 78.1 g/mol. The van der Waals surface area contributed by atoms with Crippen molar-refractivity contribution < 1.29 is 0 Å². The molecule has 0 rings (SSSR count). The van der Waals surface area contributed by atoms with Gasteiger partial charge in [0.2, 0.25) is 0 Å². The second-order valence-electron chi connectivity index (χ2n) is 0.362. The Labute approximate surface area is 34.0 Å². The summed E-state index contributed by atoms with van der Waals surface area (Å²) < 4.78 is 0. The van der Waals surface area contributed by atoms with E-state index < -0.39 is 0 Å². The van der Waals surface area contributed by atoms with Crippen LogP contribution < -0.4 is 0 Å². The fraction of sp³-hybridized carbons (Fsp3) is 0. The first-order valence-electron chi connectivity index (χ1n) is 0.974. The highest BCUT2D eigenvalue weighted by Crippen LogP contribution is 1.35. The van der Waals surface area contributed by atoms with Gasteiger partial charge in [0.05, 0.1) is 0 Å². The zero-order valence-corrected chi connectivity index (χ0v) is 3.45. The summed E-state index contributed by atoms with van der Waals surface area (Å²) in [6.07, 6.45) is 0. The van der Waals surface area contributed by atoms with E-state index >= 15 is 0 Å². The zero-order chi connectivity index (χ0) is 4.12. The second-order valence-corrected chi connectivity index (χ2v) is 0.612. The highest BCUT2D eigenvalue weighted by atomic mass is 28.1. The number of hydrogen-bond acceptors (Lipinski definition) is 1. The maximum absolute atomic E-state index is 7.61. The molecule has 5 heavy (non-hydrogen) atoms. The molecule has 0 bridgehead atoms. The lowest BCUT2D eigenvalue weighted by Crippen LogP contribution is -1.45. The predicted molar refractivity (Wildman–Crippen MR) is 19.1 cm³/mol. The van der Waals surface area contributed by atoms with Crippen molar-refractivity contribution in [2.75, 3.05) is 0 Å². The molecule has 0 aromatic rings. The Morgan fingerprint density at radius 1 is 1.60 bits per heavy atom. The van der Waals surface area contributed by atoms with Crippen molar-refractivity contribution in [3.05, 3.63) is 0 Å². The van der Waals surface area contributed by atoms with Crippen LogP contribution in [-0.2, 0) is 0 Å². The third-order valence-electron chi connectivity index (χ3n) is 0.118. The van der Waals surface area contributed by atoms with E-state index in [4.69, 9.17) is 5.26 Å². The van der Waals surface area contributed by atoms with Gasteiger partial charge in [0.15, 0.2) is 6.07 Å². The summed E-state index contributed by atoms with van der Waals surface area (Å²) in [5.74, 6) is 2.08. The summed E-state index contributed by atoms with van der Waals surface area (Å²) in [7, 11) is 2.77. The smallest absolute Gasteiger partial charge is 0.151 e. The highest BCUT2D eigenvalue weighted by molar-refractivity contribution is 6.22. The van der Waals surface area contributed by atoms with E-state index in [2.05, 4.69) is 21.7 Å². The second kappa shape index (κ2) is 3.27. The lowest BCUT2D eigenvalue weighted by Gasteiger charge is -1.37. The molecule has 0 aromatic heterocycles. The van der Waals surface area contributed by atoms with Gasteiger partial charge < -0.3 is 0 Å². The Hall–Kier alpha value is -0.733. The molecule has 3 radical (unpaired) electrons. The van der Waals surface area contributed by atoms with E-state index in [0.717, 1.165) is 0 Å². The van der Waals surface area contributed by atoms with Gasteiger partial charge in [-0.2, -0.15) is 5.26 Å². The van der Waals surface area contributed by atoms with Gasteiger partial charge in [-0.25, -0.2) is 0 Å². The fourth-order valence-electron chi connectivity index (χ4n) is 0.0280. The Morgan fingerprint density at radius 2 is 2.20 bits per heavy atom. The van der Waals surface area contributed by atoms with Crippen LogP contribution >= 0.6 is 0 Å². The predicted octanol–water partition coefficient (Wildman–Crippen LogP) is -0.361. The topological polar surface area (TPSA) is 23.8 Å². The van der Waals surface area contributed by atoms with Crippen molar-refractivity contribution in [2.45, 2.75) is 0 Å².